The number of hydrogen-bond donors (Lipinski definition) is 1. The Balaban J connectivity index is 1.60. The number of amides is 2. The van der Waals surface area contributed by atoms with E-state index in [-0.39, 0.29) is 57.8 Å². The minimum atomic E-state index is -5.06. The number of carbonyl (C=O) groups is 3. The van der Waals surface area contributed by atoms with Gasteiger partial charge in [-0.3, -0.25) is 24.0 Å². The van der Waals surface area contributed by atoms with Crippen LogP contribution < -0.4 is 5.48 Å². The molecular formula is C32H36Cl2F5N5O4Si. The van der Waals surface area contributed by atoms with E-state index in [9.17, 15) is 36.3 Å². The summed E-state index contributed by atoms with van der Waals surface area (Å²) < 4.78 is 78.7. The van der Waals surface area contributed by atoms with Gasteiger partial charge >= 0.3 is 6.18 Å². The van der Waals surface area contributed by atoms with Gasteiger partial charge in [0.25, 0.3) is 5.91 Å². The normalized spacial score (nSPS) is 17.1. The van der Waals surface area contributed by atoms with E-state index >= 15 is 0 Å². The maximum atomic E-state index is 14.7. The largest absolute Gasteiger partial charge is 0.433 e. The Labute approximate surface area is 291 Å². The van der Waals surface area contributed by atoms with Crippen molar-refractivity contribution in [2.75, 3.05) is 6.54 Å². The predicted octanol–water partition coefficient (Wildman–Crippen LogP) is 8.19. The molecule has 49 heavy (non-hydrogen) atoms. The van der Waals surface area contributed by atoms with Crippen LogP contribution in [0.5, 0.6) is 0 Å². The molecule has 0 bridgehead atoms. The van der Waals surface area contributed by atoms with E-state index in [4.69, 9.17) is 27.7 Å². The van der Waals surface area contributed by atoms with E-state index in [1.807, 2.05) is 33.9 Å². The van der Waals surface area contributed by atoms with Gasteiger partial charge in [-0.05, 0) is 61.5 Å². The van der Waals surface area contributed by atoms with Gasteiger partial charge in [-0.15, -0.1) is 0 Å². The predicted molar refractivity (Wildman–Crippen MR) is 174 cm³/mol. The quantitative estimate of drug-likeness (QED) is 0.0971. The maximum absolute atomic E-state index is 14.7. The number of aromatic nitrogens is 3. The molecule has 0 unspecified atom stereocenters. The van der Waals surface area contributed by atoms with Gasteiger partial charge in [0.1, 0.15) is 11.6 Å². The second-order valence-corrected chi connectivity index (χ2v) is 19.1. The van der Waals surface area contributed by atoms with Crippen LogP contribution in [-0.2, 0) is 22.0 Å². The molecule has 0 radical (unpaired) electrons. The molecule has 17 heteroatoms. The van der Waals surface area contributed by atoms with Gasteiger partial charge in [0.05, 0.1) is 40.0 Å². The third kappa shape index (κ3) is 9.04. The molecule has 2 heterocycles. The number of halogens is 7. The van der Waals surface area contributed by atoms with Crippen molar-refractivity contribution in [2.45, 2.75) is 83.3 Å². The second kappa shape index (κ2) is 14.8. The molecule has 266 valence electrons. The topological polar surface area (TPSA) is 106 Å². The fourth-order valence-electron chi connectivity index (χ4n) is 5.30. The summed E-state index contributed by atoms with van der Waals surface area (Å²) in [6.45, 7) is 8.50. The molecule has 0 aliphatic heterocycles. The number of nitrogens with one attached hydrogen (secondary N) is 1. The number of Topliss-reactive ketones (excluding diaryl/α,β-unsaturated/α-hetero) is 1. The number of nitrogens with zero attached hydrogens (tertiary/aromatic N) is 4. The molecular weight excluding hydrogens is 712 g/mol. The van der Waals surface area contributed by atoms with Crippen LogP contribution in [0.3, 0.4) is 0 Å². The van der Waals surface area contributed by atoms with Crippen LogP contribution >= 0.6 is 23.2 Å². The SMILES string of the molecule is CC(C)(C)[Si](C)(C)ONC(=O)C1CCC(n2ncc(C(=O)N(CC(=O)c3c(Cl)cncc3Cl)Cc3cc(F)cc(F)c3)c2C(F)(F)F)CC1. The highest BCUT2D eigenvalue weighted by molar-refractivity contribution is 6.74. The minimum absolute atomic E-state index is 0.124. The molecule has 2 aromatic heterocycles. The van der Waals surface area contributed by atoms with Crippen LogP contribution in [0.4, 0.5) is 22.0 Å². The van der Waals surface area contributed by atoms with Crippen molar-refractivity contribution in [3.05, 3.63) is 80.9 Å². The summed E-state index contributed by atoms with van der Waals surface area (Å²) in [6.07, 6.45) is -1.26. The van der Waals surface area contributed by atoms with Gasteiger partial charge in [0.15, 0.2) is 11.5 Å². The van der Waals surface area contributed by atoms with Crippen molar-refractivity contribution in [3.63, 3.8) is 0 Å². The molecule has 2 amide bonds. The summed E-state index contributed by atoms with van der Waals surface area (Å²) in [6, 6.07) is 1.56. The van der Waals surface area contributed by atoms with E-state index in [0.29, 0.717) is 11.0 Å². The number of rotatable bonds is 10. The monoisotopic (exact) mass is 747 g/mol. The number of pyridine rings is 1. The molecule has 3 aromatic rings. The number of carbonyl (C=O) groups excluding carboxylic acids is 3. The fraction of sp³-hybridized carbons (Fsp3) is 0.469. The molecule has 0 saturated heterocycles. The molecule has 4 rings (SSSR count). The summed E-state index contributed by atoms with van der Waals surface area (Å²) >= 11 is 12.2. The van der Waals surface area contributed by atoms with E-state index < -0.39 is 74.1 Å². The molecule has 1 N–H and O–H groups in total. The van der Waals surface area contributed by atoms with Crippen molar-refractivity contribution in [2.24, 2.45) is 5.92 Å². The van der Waals surface area contributed by atoms with Crippen LogP contribution in [0.2, 0.25) is 28.2 Å². The van der Waals surface area contributed by atoms with Gasteiger partial charge in [-0.1, -0.05) is 44.0 Å². The Morgan fingerprint density at radius 3 is 2.08 bits per heavy atom. The smallest absolute Gasteiger partial charge is 0.326 e. The Morgan fingerprint density at radius 1 is 0.980 bits per heavy atom. The molecule has 1 aliphatic carbocycles. The molecule has 1 saturated carbocycles. The van der Waals surface area contributed by atoms with Gasteiger partial charge in [0, 0.05) is 30.9 Å². The fourth-order valence-corrected chi connectivity index (χ4v) is 6.54. The number of alkyl halides is 3. The third-order valence-corrected chi connectivity index (χ3v) is 13.8. The Kier molecular flexibility index (Phi) is 11.6. The minimum Gasteiger partial charge on any atom is -0.326 e. The summed E-state index contributed by atoms with van der Waals surface area (Å²) in [5, 5.41) is 3.46. The van der Waals surface area contributed by atoms with Crippen LogP contribution in [0.15, 0.2) is 36.8 Å². The first-order valence-electron chi connectivity index (χ1n) is 15.4. The van der Waals surface area contributed by atoms with E-state index in [0.717, 1.165) is 35.4 Å². The summed E-state index contributed by atoms with van der Waals surface area (Å²) in [7, 11) is -2.29. The Morgan fingerprint density at radius 2 is 1.55 bits per heavy atom. The molecule has 1 fully saturated rings. The van der Waals surface area contributed by atoms with Crippen molar-refractivity contribution in [1.29, 1.82) is 0 Å². The van der Waals surface area contributed by atoms with Crippen molar-refractivity contribution in [1.82, 2.24) is 25.1 Å². The standard InChI is InChI=1S/C32H36Cl2F5N5O4Si/c1-31(2,3)49(4,5)48-42-29(46)19-6-8-22(9-7-19)44-28(32(37,38)39)23(13-41-44)30(47)43(16-18-10-20(35)12-21(36)11-18)17-26(45)27-24(33)14-40-15-25(27)34/h10-15,19,22H,6-9,16-17H2,1-5H3,(H,42,46). The average molecular weight is 749 g/mol. The molecule has 9 nitrogen and oxygen atoms in total. The van der Waals surface area contributed by atoms with Crippen molar-refractivity contribution < 1.29 is 40.9 Å². The number of hydroxylamine groups is 1. The highest BCUT2D eigenvalue weighted by Crippen LogP contribution is 2.40. The third-order valence-electron chi connectivity index (χ3n) is 8.97. The molecule has 0 spiro atoms. The number of benzene rings is 1. The lowest BCUT2D eigenvalue weighted by atomic mass is 9.85. The summed E-state index contributed by atoms with van der Waals surface area (Å²) in [5.41, 5.74) is -0.0203. The zero-order valence-electron chi connectivity index (χ0n) is 27.4. The van der Waals surface area contributed by atoms with Crippen molar-refractivity contribution in [3.8, 4) is 0 Å². The zero-order valence-corrected chi connectivity index (χ0v) is 29.9. The van der Waals surface area contributed by atoms with Gasteiger partial charge in [-0.2, -0.15) is 18.3 Å². The number of ketones is 1. The molecule has 1 aromatic carbocycles. The Hall–Kier alpha value is -3.40. The molecule has 0 atom stereocenters. The van der Waals surface area contributed by atoms with E-state index in [1.54, 1.807) is 0 Å². The van der Waals surface area contributed by atoms with Crippen molar-refractivity contribution >= 4 is 49.1 Å². The van der Waals surface area contributed by atoms with Crippen LogP contribution in [-0.4, -0.2) is 52.1 Å². The lowest BCUT2D eigenvalue weighted by molar-refractivity contribution is -0.146. The first-order chi connectivity index (χ1) is 22.7. The van der Waals surface area contributed by atoms with E-state index in [1.165, 1.54) is 0 Å². The highest BCUT2D eigenvalue weighted by Gasteiger charge is 2.44. The van der Waals surface area contributed by atoms with Crippen LogP contribution in [0, 0.1) is 17.6 Å². The number of hydrogen-bond acceptors (Lipinski definition) is 6. The first-order valence-corrected chi connectivity index (χ1v) is 19.0. The second-order valence-electron chi connectivity index (χ2n) is 13.5. The Bertz CT molecular complexity index is 1680. The van der Waals surface area contributed by atoms with Crippen LogP contribution in [0.25, 0.3) is 0 Å². The average Bonchev–Trinajstić information content (AvgIpc) is 3.44. The lowest BCUT2D eigenvalue weighted by Crippen LogP contribution is -2.48. The van der Waals surface area contributed by atoms with Gasteiger partial charge in [0.2, 0.25) is 14.2 Å². The van der Waals surface area contributed by atoms with E-state index in [2.05, 4.69) is 15.6 Å². The lowest BCUT2D eigenvalue weighted by Gasteiger charge is -2.36. The van der Waals surface area contributed by atoms with Gasteiger partial charge < -0.3 is 9.43 Å². The highest BCUT2D eigenvalue weighted by atomic mass is 35.5. The van der Waals surface area contributed by atoms with Crippen LogP contribution in [0.1, 0.15) is 84.5 Å². The molecule has 1 aliphatic rings. The summed E-state index contributed by atoms with van der Waals surface area (Å²) in [4.78, 5) is 44.5. The van der Waals surface area contributed by atoms with Gasteiger partial charge in [-0.25, -0.2) is 14.3 Å². The summed E-state index contributed by atoms with van der Waals surface area (Å²) in [5.74, 6) is -4.94. The maximum Gasteiger partial charge on any atom is 0.433 e. The first kappa shape index (κ1) is 38.4. The zero-order chi connectivity index (χ0) is 36.5.